The monoisotopic (exact) mass is 387 g/mol. The van der Waals surface area contributed by atoms with Crippen LogP contribution in [0.25, 0.3) is 0 Å². The fraction of sp³-hybridized carbons (Fsp3) is 0.200. The van der Waals surface area contributed by atoms with Gasteiger partial charge in [0, 0.05) is 16.6 Å². The molecule has 0 spiro atoms. The zero-order valence-electron chi connectivity index (χ0n) is 10.5. The Balaban J connectivity index is 2.33. The smallest absolute Gasteiger partial charge is 0.140 e. The second kappa shape index (κ2) is 6.59. The van der Waals surface area contributed by atoms with E-state index in [0.717, 1.165) is 14.9 Å². The normalized spacial score (nSPS) is 13.9. The first kappa shape index (κ1) is 14.6. The summed E-state index contributed by atoms with van der Waals surface area (Å²) in [5.74, 6) is 0.824. The van der Waals surface area contributed by atoms with Gasteiger partial charge in [-0.15, -0.1) is 0 Å². The largest absolute Gasteiger partial charge is 0.483 e. The number of hydrogen-bond donors (Lipinski definition) is 1. The van der Waals surface area contributed by atoms with E-state index in [9.17, 15) is 0 Å². The Morgan fingerprint density at radius 3 is 2.37 bits per heavy atom. The predicted molar refractivity (Wildman–Crippen MR) is 87.6 cm³/mol. The van der Waals surface area contributed by atoms with E-state index in [1.807, 2.05) is 55.5 Å². The lowest BCUT2D eigenvalue weighted by Gasteiger charge is -2.24. The highest BCUT2D eigenvalue weighted by Gasteiger charge is 2.21. The Morgan fingerprint density at radius 2 is 1.74 bits per heavy atom. The first-order valence-electron chi connectivity index (χ1n) is 6.01. The zero-order chi connectivity index (χ0) is 13.8. The maximum absolute atomic E-state index is 6.23. The highest BCUT2D eigenvalue weighted by Crippen LogP contribution is 2.31. The third-order valence-corrected chi connectivity index (χ3v) is 4.02. The molecule has 0 aliphatic rings. The van der Waals surface area contributed by atoms with Gasteiger partial charge in [0.05, 0.1) is 3.57 Å². The van der Waals surface area contributed by atoms with Crippen molar-refractivity contribution in [3.05, 3.63) is 62.7 Å². The van der Waals surface area contributed by atoms with Crippen LogP contribution < -0.4 is 10.5 Å². The average molecular weight is 388 g/mol. The van der Waals surface area contributed by atoms with Crippen LogP contribution in [0.1, 0.15) is 18.6 Å². The molecular formula is C15H15ClINO. The number of hydrogen-bond acceptors (Lipinski definition) is 2. The minimum absolute atomic E-state index is 0.157. The molecule has 0 aliphatic heterocycles. The SMILES string of the molecule is CC(N)C(Oc1ccccc1I)c1ccccc1Cl. The molecule has 2 rings (SSSR count). The van der Waals surface area contributed by atoms with E-state index in [-0.39, 0.29) is 12.1 Å². The third kappa shape index (κ3) is 3.61. The Hall–Kier alpha value is -0.780. The van der Waals surface area contributed by atoms with Crippen molar-refractivity contribution < 1.29 is 4.74 Å². The topological polar surface area (TPSA) is 35.2 Å². The number of nitrogens with two attached hydrogens (primary N) is 1. The first-order valence-corrected chi connectivity index (χ1v) is 7.46. The maximum Gasteiger partial charge on any atom is 0.140 e. The molecule has 2 nitrogen and oxygen atoms in total. The molecule has 2 aromatic carbocycles. The third-order valence-electron chi connectivity index (χ3n) is 2.78. The summed E-state index contributed by atoms with van der Waals surface area (Å²) in [4.78, 5) is 0. The van der Waals surface area contributed by atoms with Crippen LogP contribution in [-0.2, 0) is 0 Å². The highest BCUT2D eigenvalue weighted by molar-refractivity contribution is 14.1. The van der Waals surface area contributed by atoms with E-state index >= 15 is 0 Å². The molecule has 2 atom stereocenters. The summed E-state index contributed by atoms with van der Waals surface area (Å²) in [5, 5.41) is 0.677. The maximum atomic E-state index is 6.23. The Labute approximate surface area is 132 Å². The van der Waals surface area contributed by atoms with Crippen molar-refractivity contribution >= 4 is 34.2 Å². The molecule has 2 unspecified atom stereocenters. The van der Waals surface area contributed by atoms with Gasteiger partial charge in [-0.3, -0.25) is 0 Å². The standard InChI is InChI=1S/C15H15ClINO/c1-10(18)15(11-6-2-3-7-12(11)16)19-14-9-5-4-8-13(14)17/h2-10,15H,18H2,1H3. The predicted octanol–water partition coefficient (Wildman–Crippen LogP) is 4.41. The quantitative estimate of drug-likeness (QED) is 0.789. The van der Waals surface area contributed by atoms with Gasteiger partial charge in [0.15, 0.2) is 0 Å². The van der Waals surface area contributed by atoms with Crippen LogP contribution in [0.3, 0.4) is 0 Å². The van der Waals surface area contributed by atoms with Gasteiger partial charge in [0.1, 0.15) is 11.9 Å². The van der Waals surface area contributed by atoms with Gasteiger partial charge in [-0.1, -0.05) is 41.9 Å². The van der Waals surface area contributed by atoms with Crippen LogP contribution in [0, 0.1) is 3.57 Å². The molecule has 0 fully saturated rings. The van der Waals surface area contributed by atoms with E-state index in [1.54, 1.807) is 0 Å². The van der Waals surface area contributed by atoms with Crippen molar-refractivity contribution in [2.75, 3.05) is 0 Å². The van der Waals surface area contributed by atoms with Crippen molar-refractivity contribution in [1.29, 1.82) is 0 Å². The van der Waals surface area contributed by atoms with E-state index in [4.69, 9.17) is 22.1 Å². The minimum atomic E-state index is -0.260. The molecule has 0 heterocycles. The minimum Gasteiger partial charge on any atom is -0.483 e. The number of para-hydroxylation sites is 1. The molecule has 0 saturated carbocycles. The lowest BCUT2D eigenvalue weighted by atomic mass is 10.0. The van der Waals surface area contributed by atoms with Gasteiger partial charge in [-0.05, 0) is 47.7 Å². The number of benzene rings is 2. The molecule has 2 N–H and O–H groups in total. The molecule has 0 saturated heterocycles. The second-order valence-electron chi connectivity index (χ2n) is 4.35. The van der Waals surface area contributed by atoms with Gasteiger partial charge < -0.3 is 10.5 Å². The van der Waals surface area contributed by atoms with Crippen LogP contribution in [-0.4, -0.2) is 6.04 Å². The van der Waals surface area contributed by atoms with Gasteiger partial charge in [-0.2, -0.15) is 0 Å². The van der Waals surface area contributed by atoms with E-state index < -0.39 is 0 Å². The molecule has 0 bridgehead atoms. The van der Waals surface area contributed by atoms with Crippen LogP contribution in [0.5, 0.6) is 5.75 Å². The van der Waals surface area contributed by atoms with Crippen LogP contribution >= 0.6 is 34.2 Å². The van der Waals surface area contributed by atoms with Crippen molar-refractivity contribution in [2.24, 2.45) is 5.73 Å². The van der Waals surface area contributed by atoms with E-state index in [1.165, 1.54) is 0 Å². The van der Waals surface area contributed by atoms with Crippen LogP contribution in [0.4, 0.5) is 0 Å². The van der Waals surface area contributed by atoms with Gasteiger partial charge in [0.2, 0.25) is 0 Å². The molecule has 0 aromatic heterocycles. The summed E-state index contributed by atoms with van der Waals surface area (Å²) in [7, 11) is 0. The van der Waals surface area contributed by atoms with Crippen molar-refractivity contribution in [3.8, 4) is 5.75 Å². The fourth-order valence-corrected chi connectivity index (χ4v) is 2.59. The lowest BCUT2D eigenvalue weighted by molar-refractivity contribution is 0.179. The van der Waals surface area contributed by atoms with Crippen molar-refractivity contribution in [1.82, 2.24) is 0 Å². The molecule has 0 radical (unpaired) electrons. The summed E-state index contributed by atoms with van der Waals surface area (Å²) < 4.78 is 7.11. The highest BCUT2D eigenvalue weighted by atomic mass is 127. The zero-order valence-corrected chi connectivity index (χ0v) is 13.4. The number of ether oxygens (including phenoxy) is 1. The average Bonchev–Trinajstić information content (AvgIpc) is 2.38. The Kier molecular flexibility index (Phi) is 5.07. The summed E-state index contributed by atoms with van der Waals surface area (Å²) in [6.45, 7) is 1.92. The molecule has 0 amide bonds. The summed E-state index contributed by atoms with van der Waals surface area (Å²) in [6, 6.07) is 15.3. The lowest BCUT2D eigenvalue weighted by Crippen LogP contribution is -2.29. The molecule has 0 aliphatic carbocycles. The van der Waals surface area contributed by atoms with E-state index in [0.29, 0.717) is 5.02 Å². The Bertz CT molecular complexity index is 559. The molecular weight excluding hydrogens is 373 g/mol. The first-order chi connectivity index (χ1) is 9.09. The molecule has 100 valence electrons. The van der Waals surface area contributed by atoms with Crippen molar-refractivity contribution in [3.63, 3.8) is 0 Å². The van der Waals surface area contributed by atoms with Gasteiger partial charge in [0.25, 0.3) is 0 Å². The van der Waals surface area contributed by atoms with Crippen molar-refractivity contribution in [2.45, 2.75) is 19.1 Å². The summed E-state index contributed by atoms with van der Waals surface area (Å²) >= 11 is 8.48. The summed E-state index contributed by atoms with van der Waals surface area (Å²) in [5.41, 5.74) is 6.96. The number of halogens is 2. The number of rotatable bonds is 4. The van der Waals surface area contributed by atoms with Crippen LogP contribution in [0.2, 0.25) is 5.02 Å². The molecule has 4 heteroatoms. The van der Waals surface area contributed by atoms with Crippen LogP contribution in [0.15, 0.2) is 48.5 Å². The fourth-order valence-electron chi connectivity index (χ4n) is 1.84. The van der Waals surface area contributed by atoms with E-state index in [2.05, 4.69) is 22.6 Å². The molecule has 2 aromatic rings. The Morgan fingerprint density at radius 1 is 1.11 bits per heavy atom. The van der Waals surface area contributed by atoms with Gasteiger partial charge >= 0.3 is 0 Å². The second-order valence-corrected chi connectivity index (χ2v) is 5.92. The van der Waals surface area contributed by atoms with Gasteiger partial charge in [-0.25, -0.2) is 0 Å². The molecule has 19 heavy (non-hydrogen) atoms. The summed E-state index contributed by atoms with van der Waals surface area (Å²) in [6.07, 6.45) is -0.260.